The monoisotopic (exact) mass is 514 g/mol. The van der Waals surface area contributed by atoms with E-state index in [-0.39, 0.29) is 5.75 Å². The van der Waals surface area contributed by atoms with Crippen molar-refractivity contribution >= 4 is 27.5 Å². The lowest BCUT2D eigenvalue weighted by Crippen LogP contribution is -2.26. The van der Waals surface area contributed by atoms with Gasteiger partial charge in [0, 0.05) is 4.48 Å². The second-order valence-corrected chi connectivity index (χ2v) is 11.3. The van der Waals surface area contributed by atoms with Gasteiger partial charge in [-0.05, 0) is 106 Å². The number of esters is 1. The molecule has 2 atom stereocenters. The van der Waals surface area contributed by atoms with Crippen LogP contribution in [0.1, 0.15) is 76.5 Å². The maximum Gasteiger partial charge on any atom is 0.316 e. The molecule has 0 N–H and O–H groups in total. The van der Waals surface area contributed by atoms with Gasteiger partial charge < -0.3 is 9.47 Å². The highest BCUT2D eigenvalue weighted by Crippen LogP contribution is 2.41. The number of fused-ring (bicyclic) bond motifs is 1. The van der Waals surface area contributed by atoms with E-state index in [1.165, 1.54) is 6.42 Å². The SMILES string of the molecule is CC1CC[C@H](Oc2ccc(C3=C(Br)CCCc4c3ccc(OC(=O)C(C)(C)C)c4F)cc2)C1. The number of hydrogen-bond acceptors (Lipinski definition) is 3. The van der Waals surface area contributed by atoms with Gasteiger partial charge in [-0.15, -0.1) is 0 Å². The molecular weight excluding hydrogens is 483 g/mol. The topological polar surface area (TPSA) is 35.5 Å². The van der Waals surface area contributed by atoms with Gasteiger partial charge >= 0.3 is 5.97 Å². The van der Waals surface area contributed by atoms with Crippen molar-refractivity contribution in [2.75, 3.05) is 0 Å². The predicted octanol–water partition coefficient (Wildman–Crippen LogP) is 7.84. The fraction of sp³-hybridized carbons (Fsp3) is 0.464. The number of benzene rings is 2. The third kappa shape index (κ3) is 5.34. The molecule has 1 fully saturated rings. The summed E-state index contributed by atoms with van der Waals surface area (Å²) in [5.41, 5.74) is 2.73. The standard InChI is InChI=1S/C28H32BrFO3/c1-17-8-11-20(16-17)32-19-12-9-18(10-13-19)25-21-14-15-24(33-27(31)28(2,3)4)26(30)22(21)6-5-7-23(25)29/h9-10,12-15,17,20H,5-8,11,16H2,1-4H3/t17?,20-/m0/s1. The lowest BCUT2D eigenvalue weighted by atomic mass is 9.93. The molecule has 2 aliphatic carbocycles. The maximum atomic E-state index is 15.5. The summed E-state index contributed by atoms with van der Waals surface area (Å²) in [7, 11) is 0. The lowest BCUT2D eigenvalue weighted by molar-refractivity contribution is -0.143. The van der Waals surface area contributed by atoms with E-state index in [1.54, 1.807) is 26.8 Å². The fourth-order valence-electron chi connectivity index (χ4n) is 4.57. The molecule has 1 unspecified atom stereocenters. The van der Waals surface area contributed by atoms with Crippen LogP contribution in [-0.2, 0) is 11.2 Å². The minimum Gasteiger partial charge on any atom is -0.490 e. The van der Waals surface area contributed by atoms with Crippen LogP contribution < -0.4 is 9.47 Å². The van der Waals surface area contributed by atoms with Gasteiger partial charge in [0.1, 0.15) is 5.75 Å². The van der Waals surface area contributed by atoms with Crippen LogP contribution in [0, 0.1) is 17.2 Å². The Hall–Kier alpha value is -2.14. The Kier molecular flexibility index (Phi) is 6.99. The Balaban J connectivity index is 1.63. The first-order chi connectivity index (χ1) is 15.6. The molecule has 0 aliphatic heterocycles. The molecular formula is C28H32BrFO3. The summed E-state index contributed by atoms with van der Waals surface area (Å²) in [5, 5.41) is 0. The molecule has 0 radical (unpaired) electrons. The number of carbonyl (C=O) groups excluding carboxylic acids is 1. The number of hydrogen-bond donors (Lipinski definition) is 0. The van der Waals surface area contributed by atoms with Gasteiger partial charge in [-0.1, -0.05) is 41.1 Å². The molecule has 2 aliphatic rings. The molecule has 33 heavy (non-hydrogen) atoms. The summed E-state index contributed by atoms with van der Waals surface area (Å²) in [6.07, 6.45) is 5.94. The first-order valence-corrected chi connectivity index (χ1v) is 12.6. The van der Waals surface area contributed by atoms with Crippen LogP contribution in [0.25, 0.3) is 5.57 Å². The van der Waals surface area contributed by atoms with E-state index in [1.807, 2.05) is 30.3 Å². The van der Waals surface area contributed by atoms with Gasteiger partial charge in [-0.2, -0.15) is 0 Å². The normalized spacial score (nSPS) is 20.9. The molecule has 0 saturated heterocycles. The zero-order valence-electron chi connectivity index (χ0n) is 19.8. The van der Waals surface area contributed by atoms with Gasteiger partial charge in [0.05, 0.1) is 11.5 Å². The molecule has 0 amide bonds. The molecule has 2 aromatic carbocycles. The molecule has 0 aromatic heterocycles. The fourth-order valence-corrected chi connectivity index (χ4v) is 5.29. The lowest BCUT2D eigenvalue weighted by Gasteiger charge is -2.19. The minimum absolute atomic E-state index is 0.000544. The largest absolute Gasteiger partial charge is 0.490 e. The number of rotatable bonds is 4. The highest BCUT2D eigenvalue weighted by Gasteiger charge is 2.28. The molecule has 5 heteroatoms. The predicted molar refractivity (Wildman–Crippen MR) is 133 cm³/mol. The minimum atomic E-state index is -0.701. The van der Waals surface area contributed by atoms with E-state index in [4.69, 9.17) is 9.47 Å². The van der Waals surface area contributed by atoms with Crippen molar-refractivity contribution in [1.82, 2.24) is 0 Å². The Bertz CT molecular complexity index is 1070. The smallest absolute Gasteiger partial charge is 0.316 e. The third-order valence-electron chi connectivity index (χ3n) is 6.48. The van der Waals surface area contributed by atoms with Crippen LogP contribution in [0.15, 0.2) is 40.9 Å². The summed E-state index contributed by atoms with van der Waals surface area (Å²) in [5.74, 6) is 0.708. The molecule has 4 rings (SSSR count). The van der Waals surface area contributed by atoms with Gasteiger partial charge in [0.2, 0.25) is 0 Å². The van der Waals surface area contributed by atoms with E-state index in [0.29, 0.717) is 18.1 Å². The van der Waals surface area contributed by atoms with Crippen LogP contribution in [0.3, 0.4) is 0 Å². The maximum absolute atomic E-state index is 15.5. The van der Waals surface area contributed by atoms with Gasteiger partial charge in [0.25, 0.3) is 0 Å². The molecule has 2 aromatic rings. The Morgan fingerprint density at radius 1 is 1.06 bits per heavy atom. The van der Waals surface area contributed by atoms with Crippen molar-refractivity contribution < 1.29 is 18.7 Å². The second kappa shape index (κ2) is 9.61. The van der Waals surface area contributed by atoms with E-state index < -0.39 is 17.2 Å². The third-order valence-corrected chi connectivity index (χ3v) is 7.27. The zero-order valence-corrected chi connectivity index (χ0v) is 21.4. The van der Waals surface area contributed by atoms with Gasteiger partial charge in [-0.25, -0.2) is 4.39 Å². The summed E-state index contributed by atoms with van der Waals surface area (Å²) in [6.45, 7) is 7.55. The second-order valence-electron chi connectivity index (χ2n) is 10.4. The van der Waals surface area contributed by atoms with Crippen LogP contribution in [0.4, 0.5) is 4.39 Å². The summed E-state index contributed by atoms with van der Waals surface area (Å²) in [6, 6.07) is 11.5. The molecule has 0 spiro atoms. The highest BCUT2D eigenvalue weighted by molar-refractivity contribution is 9.11. The van der Waals surface area contributed by atoms with Crippen LogP contribution in [-0.4, -0.2) is 12.1 Å². The number of halogens is 2. The van der Waals surface area contributed by atoms with Crippen LogP contribution >= 0.6 is 15.9 Å². The average molecular weight is 515 g/mol. The number of carbonyl (C=O) groups is 1. The van der Waals surface area contributed by atoms with Crippen molar-refractivity contribution in [2.24, 2.45) is 11.3 Å². The summed E-state index contributed by atoms with van der Waals surface area (Å²) in [4.78, 5) is 12.3. The average Bonchev–Trinajstić information content (AvgIpc) is 3.08. The summed E-state index contributed by atoms with van der Waals surface area (Å²) < 4.78 is 28.1. The van der Waals surface area contributed by atoms with E-state index in [0.717, 1.165) is 58.5 Å². The van der Waals surface area contributed by atoms with Crippen molar-refractivity contribution in [2.45, 2.75) is 72.3 Å². The molecule has 3 nitrogen and oxygen atoms in total. The van der Waals surface area contributed by atoms with E-state index in [9.17, 15) is 4.79 Å². The quantitative estimate of drug-likeness (QED) is 0.308. The first-order valence-electron chi connectivity index (χ1n) is 11.8. The molecule has 0 heterocycles. The Morgan fingerprint density at radius 2 is 1.79 bits per heavy atom. The van der Waals surface area contributed by atoms with E-state index >= 15 is 4.39 Å². The molecule has 1 saturated carbocycles. The van der Waals surface area contributed by atoms with E-state index in [2.05, 4.69) is 22.9 Å². The first kappa shape index (κ1) is 24.0. The molecule has 176 valence electrons. The highest BCUT2D eigenvalue weighted by atomic mass is 79.9. The number of allylic oxidation sites excluding steroid dienone is 1. The Labute approximate surface area is 204 Å². The Morgan fingerprint density at radius 3 is 2.42 bits per heavy atom. The van der Waals surface area contributed by atoms with Crippen molar-refractivity contribution in [1.29, 1.82) is 0 Å². The zero-order chi connectivity index (χ0) is 23.8. The summed E-state index contributed by atoms with van der Waals surface area (Å²) >= 11 is 3.76. The van der Waals surface area contributed by atoms with Crippen LogP contribution in [0.2, 0.25) is 0 Å². The molecule has 0 bridgehead atoms. The van der Waals surface area contributed by atoms with Gasteiger partial charge in [-0.3, -0.25) is 4.79 Å². The van der Waals surface area contributed by atoms with Gasteiger partial charge in [0.15, 0.2) is 11.6 Å². The number of ether oxygens (including phenoxy) is 2. The van der Waals surface area contributed by atoms with Crippen LogP contribution in [0.5, 0.6) is 11.5 Å². The van der Waals surface area contributed by atoms with Crippen molar-refractivity contribution in [3.63, 3.8) is 0 Å². The van der Waals surface area contributed by atoms with Crippen molar-refractivity contribution in [3.05, 3.63) is 63.4 Å². The van der Waals surface area contributed by atoms with Crippen molar-refractivity contribution in [3.8, 4) is 11.5 Å².